The van der Waals surface area contributed by atoms with Crippen LogP contribution in [0.25, 0.3) is 0 Å². The van der Waals surface area contributed by atoms with Crippen molar-refractivity contribution in [2.45, 2.75) is 60.8 Å². The average molecular weight is 447 g/mol. The smallest absolute Gasteiger partial charge is 0.257 e. The highest BCUT2D eigenvalue weighted by Gasteiger charge is 2.31. The lowest BCUT2D eigenvalue weighted by Crippen LogP contribution is -2.26. The highest BCUT2D eigenvalue weighted by Crippen LogP contribution is 2.41. The van der Waals surface area contributed by atoms with Crippen molar-refractivity contribution in [2.75, 3.05) is 25.1 Å². The Balaban J connectivity index is 1.83. The third-order valence-electron chi connectivity index (χ3n) is 5.56. The lowest BCUT2D eigenvalue weighted by molar-refractivity contribution is 0.102. The summed E-state index contributed by atoms with van der Waals surface area (Å²) in [6, 6.07) is 3.41. The minimum Gasteiger partial charge on any atom is -0.490 e. The Morgan fingerprint density at radius 2 is 1.71 bits per heavy atom. The number of carbonyl (C=O) groups is 1. The molecule has 1 amide bonds. The summed E-state index contributed by atoms with van der Waals surface area (Å²) in [4.78, 5) is 19.0. The molecule has 1 unspecified atom stereocenters. The van der Waals surface area contributed by atoms with Crippen LogP contribution in [0, 0.1) is 11.3 Å². The lowest BCUT2D eigenvalue weighted by Gasteiger charge is -2.33. The van der Waals surface area contributed by atoms with Crippen LogP contribution in [0.5, 0.6) is 17.2 Å². The summed E-state index contributed by atoms with van der Waals surface area (Å²) in [5.74, 6) is 1.94. The van der Waals surface area contributed by atoms with Gasteiger partial charge in [-0.1, -0.05) is 20.8 Å². The first-order valence-corrected chi connectivity index (χ1v) is 11.9. The minimum atomic E-state index is -0.233. The van der Waals surface area contributed by atoms with Gasteiger partial charge in [-0.2, -0.15) is 0 Å². The monoisotopic (exact) mass is 446 g/mol. The second kappa shape index (κ2) is 9.90. The molecule has 3 rings (SSSR count). The van der Waals surface area contributed by atoms with E-state index in [-0.39, 0.29) is 11.3 Å². The number of aromatic nitrogens is 1. The summed E-state index contributed by atoms with van der Waals surface area (Å²) >= 11 is 1.59. The summed E-state index contributed by atoms with van der Waals surface area (Å²) in [6.45, 7) is 14.0. The molecule has 1 aliphatic carbocycles. The van der Waals surface area contributed by atoms with Gasteiger partial charge in [-0.05, 0) is 63.5 Å². The molecule has 0 bridgehead atoms. The number of fused-ring (bicyclic) bond motifs is 1. The standard InChI is InChI=1S/C24H34N2O4S/c1-7-28-18-12-15(13-19(29-8-2)21(18)30-9-3)22(27)26-23-25-17-11-10-16(24(4,5)6)14-20(17)31-23/h12-13,16H,7-11,14H2,1-6H3,(H,25,26,27). The molecule has 0 saturated carbocycles. The van der Waals surface area contributed by atoms with Crippen LogP contribution in [0.15, 0.2) is 12.1 Å². The van der Waals surface area contributed by atoms with Gasteiger partial charge in [0.25, 0.3) is 5.91 Å². The molecule has 6 nitrogen and oxygen atoms in total. The van der Waals surface area contributed by atoms with Gasteiger partial charge in [0, 0.05) is 10.4 Å². The summed E-state index contributed by atoms with van der Waals surface area (Å²) in [6.07, 6.45) is 3.13. The summed E-state index contributed by atoms with van der Waals surface area (Å²) in [5.41, 5.74) is 1.85. The number of thiazole rings is 1. The molecule has 0 radical (unpaired) electrons. The van der Waals surface area contributed by atoms with Crippen molar-refractivity contribution in [1.29, 1.82) is 0 Å². The van der Waals surface area contributed by atoms with E-state index in [1.807, 2.05) is 20.8 Å². The van der Waals surface area contributed by atoms with Crippen molar-refractivity contribution in [1.82, 2.24) is 4.98 Å². The normalized spacial score (nSPS) is 15.9. The molecule has 0 aliphatic heterocycles. The number of nitrogens with one attached hydrogen (secondary N) is 1. The van der Waals surface area contributed by atoms with Gasteiger partial charge >= 0.3 is 0 Å². The van der Waals surface area contributed by atoms with E-state index in [9.17, 15) is 4.79 Å². The van der Waals surface area contributed by atoms with Crippen LogP contribution in [-0.4, -0.2) is 30.7 Å². The number of carbonyl (C=O) groups excluding carboxylic acids is 1. The molecule has 170 valence electrons. The molecule has 7 heteroatoms. The summed E-state index contributed by atoms with van der Waals surface area (Å²) in [5, 5.41) is 3.62. The molecule has 1 aromatic heterocycles. The van der Waals surface area contributed by atoms with Crippen molar-refractivity contribution >= 4 is 22.4 Å². The molecule has 1 heterocycles. The number of rotatable bonds is 8. The zero-order chi connectivity index (χ0) is 22.6. The molecule has 1 aromatic carbocycles. The first-order chi connectivity index (χ1) is 14.8. The van der Waals surface area contributed by atoms with Crippen molar-refractivity contribution in [3.63, 3.8) is 0 Å². The molecular formula is C24H34N2O4S. The predicted octanol–water partition coefficient (Wildman–Crippen LogP) is 5.74. The maximum absolute atomic E-state index is 13.0. The number of benzene rings is 1. The van der Waals surface area contributed by atoms with Crippen molar-refractivity contribution < 1.29 is 19.0 Å². The maximum atomic E-state index is 13.0. The van der Waals surface area contributed by atoms with Crippen LogP contribution in [0.2, 0.25) is 0 Å². The van der Waals surface area contributed by atoms with Gasteiger partial charge in [0.1, 0.15) is 0 Å². The molecule has 2 aromatic rings. The van der Waals surface area contributed by atoms with E-state index in [1.165, 1.54) is 4.88 Å². The van der Waals surface area contributed by atoms with Gasteiger partial charge in [-0.3, -0.25) is 10.1 Å². The fourth-order valence-electron chi connectivity index (χ4n) is 3.86. The zero-order valence-electron chi connectivity index (χ0n) is 19.5. The third kappa shape index (κ3) is 5.50. The average Bonchev–Trinajstić information content (AvgIpc) is 3.11. The zero-order valence-corrected chi connectivity index (χ0v) is 20.3. The molecule has 1 atom stereocenters. The van der Waals surface area contributed by atoms with Gasteiger partial charge in [0.2, 0.25) is 5.75 Å². The predicted molar refractivity (Wildman–Crippen MR) is 125 cm³/mol. The number of hydrogen-bond acceptors (Lipinski definition) is 6. The number of ether oxygens (including phenoxy) is 3. The Hall–Kier alpha value is -2.28. The Morgan fingerprint density at radius 3 is 2.26 bits per heavy atom. The number of hydrogen-bond donors (Lipinski definition) is 1. The van der Waals surface area contributed by atoms with E-state index in [0.29, 0.717) is 53.7 Å². The van der Waals surface area contributed by atoms with Crippen LogP contribution < -0.4 is 19.5 Å². The third-order valence-corrected chi connectivity index (χ3v) is 6.59. The van der Waals surface area contributed by atoms with Crippen LogP contribution in [-0.2, 0) is 12.8 Å². The van der Waals surface area contributed by atoms with Gasteiger partial charge in [-0.25, -0.2) is 4.98 Å². The van der Waals surface area contributed by atoms with Gasteiger partial charge in [0.05, 0.1) is 25.5 Å². The second-order valence-corrected chi connectivity index (χ2v) is 9.83. The lowest BCUT2D eigenvalue weighted by atomic mass is 9.73. The first-order valence-electron chi connectivity index (χ1n) is 11.1. The maximum Gasteiger partial charge on any atom is 0.257 e. The van der Waals surface area contributed by atoms with Crippen LogP contribution in [0.3, 0.4) is 0 Å². The van der Waals surface area contributed by atoms with E-state index in [0.717, 1.165) is 25.0 Å². The second-order valence-electron chi connectivity index (χ2n) is 8.75. The van der Waals surface area contributed by atoms with Crippen molar-refractivity contribution in [3.05, 3.63) is 28.3 Å². The quantitative estimate of drug-likeness (QED) is 0.560. The molecule has 0 spiro atoms. The number of amides is 1. The van der Waals surface area contributed by atoms with Crippen LogP contribution >= 0.6 is 11.3 Å². The first kappa shape index (κ1) is 23.4. The molecule has 0 saturated heterocycles. The highest BCUT2D eigenvalue weighted by molar-refractivity contribution is 7.15. The molecule has 1 aliphatic rings. The van der Waals surface area contributed by atoms with Gasteiger partial charge in [0.15, 0.2) is 16.6 Å². The van der Waals surface area contributed by atoms with E-state index in [1.54, 1.807) is 23.5 Å². The fraction of sp³-hybridized carbons (Fsp3) is 0.583. The molecule has 0 fully saturated rings. The number of nitrogens with zero attached hydrogens (tertiary/aromatic N) is 1. The molecular weight excluding hydrogens is 412 g/mol. The Bertz CT molecular complexity index is 890. The minimum absolute atomic E-state index is 0.233. The topological polar surface area (TPSA) is 69.7 Å². The SMILES string of the molecule is CCOc1cc(C(=O)Nc2nc3c(s2)CC(C(C)(C)C)CC3)cc(OCC)c1OCC. The van der Waals surface area contributed by atoms with Crippen molar-refractivity contribution in [2.24, 2.45) is 11.3 Å². The largest absolute Gasteiger partial charge is 0.490 e. The van der Waals surface area contributed by atoms with E-state index >= 15 is 0 Å². The number of aryl methyl sites for hydroxylation is 1. The molecule has 31 heavy (non-hydrogen) atoms. The van der Waals surface area contributed by atoms with E-state index < -0.39 is 0 Å². The van der Waals surface area contributed by atoms with Crippen LogP contribution in [0.4, 0.5) is 5.13 Å². The van der Waals surface area contributed by atoms with E-state index in [2.05, 4.69) is 26.1 Å². The highest BCUT2D eigenvalue weighted by atomic mass is 32.1. The summed E-state index contributed by atoms with van der Waals surface area (Å²) in [7, 11) is 0. The van der Waals surface area contributed by atoms with E-state index in [4.69, 9.17) is 19.2 Å². The Labute approximate surface area is 189 Å². The van der Waals surface area contributed by atoms with Gasteiger partial charge < -0.3 is 14.2 Å². The van der Waals surface area contributed by atoms with Crippen molar-refractivity contribution in [3.8, 4) is 17.2 Å². The summed E-state index contributed by atoms with van der Waals surface area (Å²) < 4.78 is 17.2. The Morgan fingerprint density at radius 1 is 1.10 bits per heavy atom. The Kier molecular flexibility index (Phi) is 7.46. The molecule has 1 N–H and O–H groups in total. The van der Waals surface area contributed by atoms with Gasteiger partial charge in [-0.15, -0.1) is 11.3 Å². The fourth-order valence-corrected chi connectivity index (χ4v) is 4.94. The number of anilines is 1. The van der Waals surface area contributed by atoms with Crippen LogP contribution in [0.1, 0.15) is 68.9 Å².